The van der Waals surface area contributed by atoms with Crippen LogP contribution in [0.3, 0.4) is 0 Å². The minimum Gasteiger partial charge on any atom is -0.0839 e. The van der Waals surface area contributed by atoms with Crippen LogP contribution in [-0.4, -0.2) is 0 Å². The fraction of sp³-hybridized carbons (Fsp3) is 0.444. The number of hydrogen-bond donors (Lipinski definition) is 0. The van der Waals surface area contributed by atoms with Crippen molar-refractivity contribution in [2.24, 2.45) is 0 Å². The van der Waals surface area contributed by atoms with E-state index in [1.54, 1.807) is 0 Å². The number of hydrogen-bond acceptors (Lipinski definition) is 0. The maximum atomic E-state index is 2.29. The maximum Gasteiger partial charge on any atom is -0.0187 e. The Morgan fingerprint density at radius 1 is 0.778 bits per heavy atom. The molecule has 0 amide bonds. The van der Waals surface area contributed by atoms with Crippen molar-refractivity contribution in [2.45, 2.75) is 52.4 Å². The van der Waals surface area contributed by atoms with Gasteiger partial charge in [-0.25, -0.2) is 0 Å². The van der Waals surface area contributed by atoms with E-state index in [9.17, 15) is 0 Å². The van der Waals surface area contributed by atoms with Crippen molar-refractivity contribution >= 4 is 12.2 Å². The van der Waals surface area contributed by atoms with Gasteiger partial charge in [0.1, 0.15) is 0 Å². The van der Waals surface area contributed by atoms with E-state index in [1.165, 1.54) is 49.7 Å². The van der Waals surface area contributed by atoms with Crippen LogP contribution in [0.1, 0.15) is 63.5 Å². The number of unbranched alkanes of at least 4 members (excludes halogenated alkanes) is 4. The molecule has 0 saturated carbocycles. The topological polar surface area (TPSA) is 0 Å². The van der Waals surface area contributed by atoms with Crippen LogP contribution in [0.25, 0.3) is 12.2 Å². The highest BCUT2D eigenvalue weighted by Crippen LogP contribution is 2.14. The van der Waals surface area contributed by atoms with Gasteiger partial charge in [0, 0.05) is 0 Å². The molecule has 0 radical (unpaired) electrons. The molecule has 18 heavy (non-hydrogen) atoms. The molecule has 0 aliphatic heterocycles. The van der Waals surface area contributed by atoms with Gasteiger partial charge in [0.2, 0.25) is 0 Å². The zero-order valence-corrected chi connectivity index (χ0v) is 11.9. The molecule has 0 heterocycles. The zero-order valence-electron chi connectivity index (χ0n) is 11.9. The molecule has 0 bridgehead atoms. The summed E-state index contributed by atoms with van der Waals surface area (Å²) in [4.78, 5) is 0. The lowest BCUT2D eigenvalue weighted by Crippen LogP contribution is -1.79. The quantitative estimate of drug-likeness (QED) is 0.484. The molecule has 0 spiro atoms. The lowest BCUT2D eigenvalue weighted by molar-refractivity contribution is 0.816. The Hall–Kier alpha value is -1.30. The largest absolute Gasteiger partial charge is 0.0839 e. The standard InChI is InChI=1S/C18H26/c1-3-5-7-9-13-17-15-11-12-16-18(17)14-10-8-6-4-2/h9-16H,3-8H2,1-2H3. The van der Waals surface area contributed by atoms with Gasteiger partial charge in [0.05, 0.1) is 0 Å². The first-order valence-electron chi connectivity index (χ1n) is 7.30. The van der Waals surface area contributed by atoms with E-state index in [1.807, 2.05) is 0 Å². The second-order valence-electron chi connectivity index (χ2n) is 4.72. The summed E-state index contributed by atoms with van der Waals surface area (Å²) in [6, 6.07) is 8.62. The van der Waals surface area contributed by atoms with E-state index in [0.717, 1.165) is 0 Å². The second kappa shape index (κ2) is 9.70. The molecule has 98 valence electrons. The average molecular weight is 242 g/mol. The molecule has 0 aliphatic rings. The fourth-order valence-corrected chi connectivity index (χ4v) is 1.88. The average Bonchev–Trinajstić information content (AvgIpc) is 2.41. The van der Waals surface area contributed by atoms with Crippen LogP contribution in [-0.2, 0) is 0 Å². The molecule has 0 fully saturated rings. The van der Waals surface area contributed by atoms with Crippen LogP contribution in [0.15, 0.2) is 36.4 Å². The van der Waals surface area contributed by atoms with Crippen LogP contribution in [0.2, 0.25) is 0 Å². The lowest BCUT2D eigenvalue weighted by atomic mass is 10.1. The summed E-state index contributed by atoms with van der Waals surface area (Å²) in [7, 11) is 0. The Labute approximate surface area is 112 Å². The van der Waals surface area contributed by atoms with Crippen molar-refractivity contribution in [3.05, 3.63) is 47.5 Å². The van der Waals surface area contributed by atoms with E-state index in [4.69, 9.17) is 0 Å². The normalized spacial score (nSPS) is 11.7. The smallest absolute Gasteiger partial charge is 0.0187 e. The van der Waals surface area contributed by atoms with Gasteiger partial charge in [0.25, 0.3) is 0 Å². The molecular weight excluding hydrogens is 216 g/mol. The van der Waals surface area contributed by atoms with Crippen molar-refractivity contribution in [2.75, 3.05) is 0 Å². The molecule has 0 heteroatoms. The lowest BCUT2D eigenvalue weighted by Gasteiger charge is -2.00. The van der Waals surface area contributed by atoms with E-state index >= 15 is 0 Å². The third kappa shape index (κ3) is 5.86. The predicted molar refractivity (Wildman–Crippen MR) is 83.6 cm³/mol. The highest BCUT2D eigenvalue weighted by molar-refractivity contribution is 5.65. The van der Waals surface area contributed by atoms with Crippen molar-refractivity contribution in [3.63, 3.8) is 0 Å². The van der Waals surface area contributed by atoms with Gasteiger partial charge in [-0.1, -0.05) is 88.1 Å². The van der Waals surface area contributed by atoms with Gasteiger partial charge in [-0.15, -0.1) is 0 Å². The Morgan fingerprint density at radius 2 is 1.22 bits per heavy atom. The van der Waals surface area contributed by atoms with E-state index in [-0.39, 0.29) is 0 Å². The maximum absolute atomic E-state index is 2.29. The summed E-state index contributed by atoms with van der Waals surface area (Å²) < 4.78 is 0. The molecule has 0 saturated heterocycles. The second-order valence-corrected chi connectivity index (χ2v) is 4.72. The van der Waals surface area contributed by atoms with Crippen LogP contribution < -0.4 is 0 Å². The Bertz CT molecular complexity index is 334. The van der Waals surface area contributed by atoms with Gasteiger partial charge in [0.15, 0.2) is 0 Å². The van der Waals surface area contributed by atoms with Crippen molar-refractivity contribution < 1.29 is 0 Å². The molecule has 1 aromatic carbocycles. The summed E-state index contributed by atoms with van der Waals surface area (Å²) in [5.41, 5.74) is 2.67. The summed E-state index contributed by atoms with van der Waals surface area (Å²) in [6.45, 7) is 4.47. The van der Waals surface area contributed by atoms with Gasteiger partial charge in [-0.05, 0) is 24.0 Å². The van der Waals surface area contributed by atoms with Gasteiger partial charge < -0.3 is 0 Å². The van der Waals surface area contributed by atoms with Crippen molar-refractivity contribution in [3.8, 4) is 0 Å². The zero-order chi connectivity index (χ0) is 13.1. The monoisotopic (exact) mass is 242 g/mol. The molecule has 0 N–H and O–H groups in total. The highest BCUT2D eigenvalue weighted by atomic mass is 14.0. The predicted octanol–water partition coefficient (Wildman–Crippen LogP) is 6.09. The SMILES string of the molecule is CCCCC=Cc1ccccc1C=CCCCC. The minimum absolute atomic E-state index is 1.18. The minimum atomic E-state index is 1.18. The van der Waals surface area contributed by atoms with Crippen LogP contribution in [0.5, 0.6) is 0 Å². The molecule has 0 aliphatic carbocycles. The number of benzene rings is 1. The summed E-state index contributed by atoms with van der Waals surface area (Å²) in [6.07, 6.45) is 16.6. The van der Waals surface area contributed by atoms with Gasteiger partial charge >= 0.3 is 0 Å². The fourth-order valence-electron chi connectivity index (χ4n) is 1.88. The number of rotatable bonds is 8. The van der Waals surface area contributed by atoms with Crippen LogP contribution in [0, 0.1) is 0 Å². The van der Waals surface area contributed by atoms with Crippen molar-refractivity contribution in [1.82, 2.24) is 0 Å². The molecular formula is C18H26. The molecule has 1 aromatic rings. The third-order valence-electron chi connectivity index (χ3n) is 3.04. The van der Waals surface area contributed by atoms with Crippen molar-refractivity contribution in [1.29, 1.82) is 0 Å². The third-order valence-corrected chi connectivity index (χ3v) is 3.04. The van der Waals surface area contributed by atoms with E-state index in [0.29, 0.717) is 0 Å². The Balaban J connectivity index is 2.61. The first-order valence-corrected chi connectivity index (χ1v) is 7.30. The van der Waals surface area contributed by atoms with Gasteiger partial charge in [-0.3, -0.25) is 0 Å². The number of allylic oxidation sites excluding steroid dienone is 2. The van der Waals surface area contributed by atoms with Crippen LogP contribution >= 0.6 is 0 Å². The first-order chi connectivity index (χ1) is 8.88. The Kier molecular flexibility index (Phi) is 7.96. The first kappa shape index (κ1) is 14.8. The Morgan fingerprint density at radius 3 is 1.61 bits per heavy atom. The van der Waals surface area contributed by atoms with E-state index < -0.39 is 0 Å². The molecule has 1 rings (SSSR count). The summed E-state index contributed by atoms with van der Waals surface area (Å²) >= 11 is 0. The molecule has 0 atom stereocenters. The summed E-state index contributed by atoms with van der Waals surface area (Å²) in [5, 5.41) is 0. The van der Waals surface area contributed by atoms with Gasteiger partial charge in [-0.2, -0.15) is 0 Å². The summed E-state index contributed by atoms with van der Waals surface area (Å²) in [5.74, 6) is 0. The van der Waals surface area contributed by atoms with E-state index in [2.05, 4.69) is 62.4 Å². The molecule has 0 nitrogen and oxygen atoms in total. The molecule has 0 aromatic heterocycles. The molecule has 0 unspecified atom stereocenters. The van der Waals surface area contributed by atoms with Crippen LogP contribution in [0.4, 0.5) is 0 Å². The highest BCUT2D eigenvalue weighted by Gasteiger charge is 1.93.